The van der Waals surface area contributed by atoms with Crippen LogP contribution in [0, 0.1) is 0 Å². The Morgan fingerprint density at radius 2 is 2.14 bits per heavy atom. The third-order valence-electron chi connectivity index (χ3n) is 4.70. The molecule has 1 aliphatic heterocycles. The first kappa shape index (κ1) is 20.4. The lowest BCUT2D eigenvalue weighted by molar-refractivity contribution is -0.898. The minimum absolute atomic E-state index is 0.207. The van der Waals surface area contributed by atoms with Crippen molar-refractivity contribution in [3.8, 4) is 0 Å². The summed E-state index contributed by atoms with van der Waals surface area (Å²) in [6.07, 6.45) is 4.48. The quantitative estimate of drug-likeness (QED) is 0.512. The Kier molecular flexibility index (Phi) is 7.08. The van der Waals surface area contributed by atoms with Crippen LogP contribution < -0.4 is 20.4 Å². The summed E-state index contributed by atoms with van der Waals surface area (Å²) < 4.78 is 5.14. The summed E-state index contributed by atoms with van der Waals surface area (Å²) in [7, 11) is 0. The van der Waals surface area contributed by atoms with Crippen LogP contribution in [0.25, 0.3) is 6.08 Å². The fourth-order valence-corrected chi connectivity index (χ4v) is 3.64. The van der Waals surface area contributed by atoms with Gasteiger partial charge in [0.25, 0.3) is 0 Å². The van der Waals surface area contributed by atoms with Crippen molar-refractivity contribution in [3.05, 3.63) is 53.5 Å². The highest BCUT2D eigenvalue weighted by atomic mass is 35.5. The predicted octanol–water partition coefficient (Wildman–Crippen LogP) is 2.18. The van der Waals surface area contributed by atoms with Crippen molar-refractivity contribution < 1.29 is 14.1 Å². The molecule has 2 heterocycles. The fraction of sp³-hybridized carbons (Fsp3) is 0.300. The number of benzene rings is 1. The number of thiocarbonyl (C=S) groups is 1. The molecule has 0 aliphatic carbocycles. The van der Waals surface area contributed by atoms with E-state index in [1.807, 2.05) is 18.2 Å². The van der Waals surface area contributed by atoms with Crippen molar-refractivity contribution in [2.45, 2.75) is 6.92 Å². The van der Waals surface area contributed by atoms with Crippen LogP contribution in [0.3, 0.4) is 0 Å². The number of carbonyl (C=O) groups is 1. The highest BCUT2D eigenvalue weighted by Crippen LogP contribution is 2.28. The normalized spacial score (nSPS) is 15.0. The number of hydrogen-bond donors (Lipinski definition) is 3. The maximum Gasteiger partial charge on any atom is 0.250 e. The first-order chi connectivity index (χ1) is 13.5. The molecule has 1 fully saturated rings. The number of nitrogens with zero attached hydrogens (tertiary/aromatic N) is 1. The minimum Gasteiger partial charge on any atom is -0.465 e. The Balaban J connectivity index is 1.53. The molecule has 8 heteroatoms. The van der Waals surface area contributed by atoms with Gasteiger partial charge in [-0.1, -0.05) is 11.6 Å². The van der Waals surface area contributed by atoms with E-state index in [0.717, 1.165) is 44.1 Å². The zero-order chi connectivity index (χ0) is 19.9. The third kappa shape index (κ3) is 5.58. The lowest BCUT2D eigenvalue weighted by Gasteiger charge is -2.33. The summed E-state index contributed by atoms with van der Waals surface area (Å²) in [5.74, 6) is 0.255. The number of halogens is 1. The largest absolute Gasteiger partial charge is 0.465 e. The fourth-order valence-electron chi connectivity index (χ4n) is 3.12. The van der Waals surface area contributed by atoms with Gasteiger partial charge in [-0.15, -0.1) is 0 Å². The minimum atomic E-state index is -0.340. The average Bonchev–Trinajstić information content (AvgIpc) is 3.20. The maximum absolute atomic E-state index is 11.9. The number of amides is 1. The van der Waals surface area contributed by atoms with Gasteiger partial charge in [0.2, 0.25) is 5.91 Å². The Labute approximate surface area is 175 Å². The Bertz CT molecular complexity index is 846. The number of anilines is 2. The van der Waals surface area contributed by atoms with Gasteiger partial charge in [-0.3, -0.25) is 10.1 Å². The van der Waals surface area contributed by atoms with E-state index >= 15 is 0 Å². The lowest BCUT2D eigenvalue weighted by atomic mass is 10.2. The molecule has 1 amide bonds. The molecule has 0 spiro atoms. The standard InChI is InChI=1S/C20H23ClN4O2S/c1-2-24-9-11-25(12-10-24)18-7-5-15(14-17(18)21)22-20(28)23-19(26)8-6-16-4-3-13-27-16/h3-8,13-14H,2,9-12H2,1H3,(H2,22,23,26,28)/p+1/b8-6-. The molecule has 6 nitrogen and oxygen atoms in total. The zero-order valence-electron chi connectivity index (χ0n) is 15.7. The van der Waals surface area contributed by atoms with E-state index in [4.69, 9.17) is 28.2 Å². The second-order valence-corrected chi connectivity index (χ2v) is 7.36. The van der Waals surface area contributed by atoms with Crippen LogP contribution in [0.4, 0.5) is 11.4 Å². The molecule has 3 N–H and O–H groups in total. The second-order valence-electron chi connectivity index (χ2n) is 6.55. The van der Waals surface area contributed by atoms with Crippen molar-refractivity contribution >= 4 is 52.3 Å². The Morgan fingerprint density at radius 3 is 2.79 bits per heavy atom. The number of nitrogens with one attached hydrogen (secondary N) is 3. The molecule has 1 aromatic heterocycles. The van der Waals surface area contributed by atoms with Gasteiger partial charge in [-0.2, -0.15) is 0 Å². The molecule has 1 aromatic carbocycles. The van der Waals surface area contributed by atoms with E-state index in [1.54, 1.807) is 29.4 Å². The summed E-state index contributed by atoms with van der Waals surface area (Å²) in [5, 5.41) is 6.45. The summed E-state index contributed by atoms with van der Waals surface area (Å²) >= 11 is 11.7. The van der Waals surface area contributed by atoms with Gasteiger partial charge in [0.1, 0.15) is 5.76 Å². The van der Waals surface area contributed by atoms with E-state index in [2.05, 4.69) is 22.5 Å². The highest BCUT2D eigenvalue weighted by molar-refractivity contribution is 7.80. The van der Waals surface area contributed by atoms with E-state index in [1.165, 1.54) is 6.08 Å². The third-order valence-corrected chi connectivity index (χ3v) is 5.20. The molecule has 0 atom stereocenters. The molecule has 0 radical (unpaired) electrons. The van der Waals surface area contributed by atoms with Crippen LogP contribution in [-0.2, 0) is 4.79 Å². The number of rotatable bonds is 5. The number of likely N-dealkylation sites (N-methyl/N-ethyl adjacent to an activating group) is 1. The summed E-state index contributed by atoms with van der Waals surface area (Å²) in [4.78, 5) is 15.8. The van der Waals surface area contributed by atoms with Crippen LogP contribution in [0.2, 0.25) is 5.02 Å². The number of piperazine rings is 1. The smallest absolute Gasteiger partial charge is 0.250 e. The first-order valence-electron chi connectivity index (χ1n) is 9.26. The molecule has 3 rings (SSSR count). The second kappa shape index (κ2) is 9.73. The zero-order valence-corrected chi connectivity index (χ0v) is 17.3. The van der Waals surface area contributed by atoms with E-state index in [-0.39, 0.29) is 11.0 Å². The highest BCUT2D eigenvalue weighted by Gasteiger charge is 2.20. The van der Waals surface area contributed by atoms with Crippen molar-refractivity contribution in [3.63, 3.8) is 0 Å². The molecular weight excluding hydrogens is 396 g/mol. The lowest BCUT2D eigenvalue weighted by Crippen LogP contribution is -3.14. The van der Waals surface area contributed by atoms with Gasteiger partial charge >= 0.3 is 0 Å². The Hall–Kier alpha value is -2.35. The molecule has 2 aromatic rings. The Morgan fingerprint density at radius 1 is 1.36 bits per heavy atom. The molecule has 0 saturated carbocycles. The first-order valence-corrected chi connectivity index (χ1v) is 10.1. The van der Waals surface area contributed by atoms with Gasteiger partial charge in [-0.25, -0.2) is 0 Å². The van der Waals surface area contributed by atoms with Gasteiger partial charge in [0.05, 0.1) is 49.7 Å². The van der Waals surface area contributed by atoms with Crippen molar-refractivity contribution in [1.29, 1.82) is 0 Å². The van der Waals surface area contributed by atoms with Crippen molar-refractivity contribution in [1.82, 2.24) is 5.32 Å². The van der Waals surface area contributed by atoms with E-state index in [9.17, 15) is 4.79 Å². The van der Waals surface area contributed by atoms with Crippen LogP contribution in [0.15, 0.2) is 47.1 Å². The van der Waals surface area contributed by atoms with Gasteiger partial charge in [0.15, 0.2) is 5.11 Å². The topological polar surface area (TPSA) is 62.0 Å². The molecule has 0 unspecified atom stereocenters. The van der Waals surface area contributed by atoms with Gasteiger partial charge in [-0.05, 0) is 55.5 Å². The number of carbonyl (C=O) groups excluding carboxylic acids is 1. The molecule has 1 aliphatic rings. The molecular formula is C20H24ClN4O2S+. The van der Waals surface area contributed by atoms with E-state index in [0.29, 0.717) is 10.8 Å². The van der Waals surface area contributed by atoms with Crippen LogP contribution in [0.5, 0.6) is 0 Å². The monoisotopic (exact) mass is 419 g/mol. The predicted molar refractivity (Wildman–Crippen MR) is 117 cm³/mol. The summed E-state index contributed by atoms with van der Waals surface area (Å²) in [5.41, 5.74) is 1.76. The molecule has 148 valence electrons. The van der Waals surface area contributed by atoms with Crippen LogP contribution in [0.1, 0.15) is 12.7 Å². The van der Waals surface area contributed by atoms with E-state index < -0.39 is 0 Å². The average molecular weight is 420 g/mol. The van der Waals surface area contributed by atoms with Crippen molar-refractivity contribution in [2.24, 2.45) is 0 Å². The molecule has 1 saturated heterocycles. The van der Waals surface area contributed by atoms with Crippen LogP contribution >= 0.6 is 23.8 Å². The van der Waals surface area contributed by atoms with Gasteiger partial charge < -0.3 is 19.5 Å². The summed E-state index contributed by atoms with van der Waals surface area (Å²) in [6, 6.07) is 9.24. The SMILES string of the molecule is CC[NH+]1CCN(c2ccc(NC(=S)NC(=O)/C=C\c3ccco3)cc2Cl)CC1. The number of furan rings is 1. The molecule has 0 bridgehead atoms. The van der Waals surface area contributed by atoms with Crippen molar-refractivity contribution in [2.75, 3.05) is 42.9 Å². The number of hydrogen-bond acceptors (Lipinski definition) is 4. The summed E-state index contributed by atoms with van der Waals surface area (Å²) in [6.45, 7) is 7.60. The van der Waals surface area contributed by atoms with Crippen LogP contribution in [-0.4, -0.2) is 43.7 Å². The molecule has 28 heavy (non-hydrogen) atoms. The van der Waals surface area contributed by atoms with Gasteiger partial charge in [0, 0.05) is 11.8 Å². The maximum atomic E-state index is 11.9. The number of quaternary nitrogens is 1.